The molecule has 0 aromatic heterocycles. The van der Waals surface area contributed by atoms with E-state index in [0.29, 0.717) is 17.4 Å². The highest BCUT2D eigenvalue weighted by Gasteiger charge is 2.27. The van der Waals surface area contributed by atoms with Gasteiger partial charge in [-0.2, -0.15) is 0 Å². The van der Waals surface area contributed by atoms with Crippen molar-refractivity contribution in [2.24, 2.45) is 0 Å². The smallest absolute Gasteiger partial charge is 0.462 e. The van der Waals surface area contributed by atoms with Crippen LogP contribution in [0.4, 0.5) is 0 Å². The van der Waals surface area contributed by atoms with Crippen molar-refractivity contribution in [2.45, 2.75) is 277 Å². The Bertz CT molecular complexity index is 1800. The van der Waals surface area contributed by atoms with Gasteiger partial charge in [-0.05, 0) is 89.9 Å². The average Bonchev–Trinajstić information content (AvgIpc) is 3.45. The highest BCUT2D eigenvalue weighted by molar-refractivity contribution is 7.47. The fourth-order valence-electron chi connectivity index (χ4n) is 8.93. The van der Waals surface area contributed by atoms with Crippen LogP contribution >= 0.6 is 7.82 Å². The number of likely N-dealkylation sites (N-methyl/N-ethyl adjacent to an activating group) is 1. The molecule has 2 atom stereocenters. The van der Waals surface area contributed by atoms with Gasteiger partial charge in [-0.15, -0.1) is 0 Å². The van der Waals surface area contributed by atoms with Gasteiger partial charge in [0.05, 0.1) is 27.7 Å². The molecule has 0 saturated heterocycles. The molecule has 10 heteroatoms. The van der Waals surface area contributed by atoms with E-state index in [1.54, 1.807) is 0 Å². The van der Waals surface area contributed by atoms with Crippen LogP contribution in [-0.4, -0.2) is 74.9 Å². The molecule has 0 aromatic rings. The van der Waals surface area contributed by atoms with Gasteiger partial charge in [0.1, 0.15) is 19.8 Å². The molecule has 0 aliphatic heterocycles. The van der Waals surface area contributed by atoms with Crippen molar-refractivity contribution in [3.63, 3.8) is 0 Å². The Balaban J connectivity index is 4.19. The Labute approximate surface area is 505 Å². The predicted molar refractivity (Wildman–Crippen MR) is 353 cm³/mol. The van der Waals surface area contributed by atoms with Crippen LogP contribution in [0.5, 0.6) is 0 Å². The van der Waals surface area contributed by atoms with Gasteiger partial charge in [0, 0.05) is 12.8 Å². The average molecular weight is 1160 g/mol. The molecule has 0 saturated carbocycles. The zero-order valence-electron chi connectivity index (χ0n) is 53.4. The first-order valence-corrected chi connectivity index (χ1v) is 34.8. The van der Waals surface area contributed by atoms with Gasteiger partial charge < -0.3 is 18.9 Å². The zero-order chi connectivity index (χ0) is 59.8. The summed E-state index contributed by atoms with van der Waals surface area (Å²) in [6, 6.07) is 0. The van der Waals surface area contributed by atoms with Crippen molar-refractivity contribution >= 4 is 19.8 Å². The van der Waals surface area contributed by atoms with Crippen molar-refractivity contribution < 1.29 is 42.1 Å². The van der Waals surface area contributed by atoms with E-state index in [9.17, 15) is 19.0 Å². The molecule has 0 rings (SSSR count). The molecule has 0 spiro atoms. The number of hydrogen-bond donors (Lipinski definition) is 1. The van der Waals surface area contributed by atoms with E-state index in [-0.39, 0.29) is 32.0 Å². The summed E-state index contributed by atoms with van der Waals surface area (Å²) in [7, 11) is 1.45. The Hall–Kier alpha value is -3.59. The predicted octanol–water partition coefficient (Wildman–Crippen LogP) is 21.5. The van der Waals surface area contributed by atoms with Crippen LogP contribution in [0.15, 0.2) is 122 Å². The van der Waals surface area contributed by atoms with Gasteiger partial charge >= 0.3 is 19.8 Å². The van der Waals surface area contributed by atoms with E-state index in [4.69, 9.17) is 18.5 Å². The maximum atomic E-state index is 12.9. The second-order valence-electron chi connectivity index (χ2n) is 23.1. The summed E-state index contributed by atoms with van der Waals surface area (Å²) in [6.07, 6.45) is 88.6. The Kier molecular flexibility index (Phi) is 59.2. The second-order valence-corrected chi connectivity index (χ2v) is 24.6. The van der Waals surface area contributed by atoms with Crippen LogP contribution < -0.4 is 0 Å². The van der Waals surface area contributed by atoms with Crippen LogP contribution in [0.2, 0.25) is 0 Å². The van der Waals surface area contributed by atoms with E-state index < -0.39 is 26.5 Å². The van der Waals surface area contributed by atoms with Gasteiger partial charge in [-0.25, -0.2) is 4.57 Å². The molecular weight excluding hydrogens is 1040 g/mol. The quantitative estimate of drug-likeness (QED) is 0.0211. The summed E-state index contributed by atoms with van der Waals surface area (Å²) in [5, 5.41) is 0. The monoisotopic (exact) mass is 1160 g/mol. The van der Waals surface area contributed by atoms with Crippen molar-refractivity contribution in [2.75, 3.05) is 47.5 Å². The second kappa shape index (κ2) is 62.0. The molecule has 0 amide bonds. The normalized spacial score (nSPS) is 14.0. The highest BCUT2D eigenvalue weighted by Crippen LogP contribution is 2.43. The first kappa shape index (κ1) is 78.4. The molecule has 0 bridgehead atoms. The van der Waals surface area contributed by atoms with Crippen molar-refractivity contribution in [1.82, 2.24) is 0 Å². The Morgan fingerprint density at radius 2 is 0.695 bits per heavy atom. The third kappa shape index (κ3) is 65.6. The molecule has 0 aliphatic rings. The van der Waals surface area contributed by atoms with Crippen LogP contribution in [-0.2, 0) is 32.7 Å². The Morgan fingerprint density at radius 3 is 1.04 bits per heavy atom. The standard InChI is InChI=1S/C72H124NO8P/c1-6-8-10-12-14-16-18-20-22-24-26-28-30-31-32-33-34-35-36-37-38-39-40-41-43-45-47-49-51-53-55-57-59-61-63-65-72(75)81-70(69-80-82(76,77)79-67-66-73(3,4)5)68-78-71(74)64-62-60-58-56-54-52-50-48-46-44-42-29-27-25-23-21-19-17-15-13-11-9-7-2/h8,10,14,16,20,22,26,28,31-32,34-35,37-38,40-41,45,47,51,53,70H,6-7,9,11-13,15,17-19,21,23-25,27,29-30,33,36,39,42-44,46,48-50,52,54-69H2,1-5H3/p+1/b10-8-,16-14-,22-20-,28-26-,32-31-,35-34-,38-37-,41-40-,47-45-,53-51-. The number of carbonyl (C=O) groups excluding carboxylic acids is 2. The third-order valence-electron chi connectivity index (χ3n) is 14.0. The highest BCUT2D eigenvalue weighted by atomic mass is 31.2. The van der Waals surface area contributed by atoms with E-state index in [1.165, 1.54) is 128 Å². The lowest BCUT2D eigenvalue weighted by Crippen LogP contribution is -2.37. The summed E-state index contributed by atoms with van der Waals surface area (Å²) in [5.74, 6) is -0.825. The van der Waals surface area contributed by atoms with Gasteiger partial charge in [0.2, 0.25) is 0 Å². The summed E-state index contributed by atoms with van der Waals surface area (Å²) in [5.41, 5.74) is 0. The van der Waals surface area contributed by atoms with Crippen LogP contribution in [0, 0.1) is 0 Å². The molecule has 0 heterocycles. The molecule has 1 N–H and O–H groups in total. The lowest BCUT2D eigenvalue weighted by Gasteiger charge is -2.24. The summed E-state index contributed by atoms with van der Waals surface area (Å²) >= 11 is 0. The molecule has 0 aliphatic carbocycles. The number of quaternary nitrogens is 1. The van der Waals surface area contributed by atoms with Crippen LogP contribution in [0.3, 0.4) is 0 Å². The van der Waals surface area contributed by atoms with E-state index in [0.717, 1.165) is 109 Å². The molecule has 0 aromatic carbocycles. The number of hydrogen-bond acceptors (Lipinski definition) is 7. The summed E-state index contributed by atoms with van der Waals surface area (Å²) in [6.45, 7) is 4.31. The minimum Gasteiger partial charge on any atom is -0.462 e. The number of ether oxygens (including phenoxy) is 2. The lowest BCUT2D eigenvalue weighted by molar-refractivity contribution is -0.870. The SMILES string of the molecule is CC/C=C\C/C=C\C/C=C\C/C=C\C/C=C\C/C=C\C/C=C\C/C=C\C/C=C\C/C=C\CCCCCCC(=O)OC(COC(=O)CCCCCCCCCCCCCCCCCCCCCCCCC)COP(=O)(O)OCC[N+](C)(C)C. The first-order chi connectivity index (χ1) is 40.0. The summed E-state index contributed by atoms with van der Waals surface area (Å²) in [4.78, 5) is 35.8. The van der Waals surface area contributed by atoms with Crippen LogP contribution in [0.1, 0.15) is 271 Å². The number of allylic oxidation sites excluding steroid dienone is 20. The number of phosphoric acid groups is 1. The topological polar surface area (TPSA) is 108 Å². The number of unbranched alkanes of at least 4 members (excludes halogenated alkanes) is 26. The number of phosphoric ester groups is 1. The zero-order valence-corrected chi connectivity index (χ0v) is 54.3. The molecular formula is C72H125NO8P+. The number of nitrogens with zero attached hydrogens (tertiary/aromatic N) is 1. The minimum absolute atomic E-state index is 0.0216. The molecule has 2 unspecified atom stereocenters. The fraction of sp³-hybridized carbons (Fsp3) is 0.694. The molecule has 0 radical (unpaired) electrons. The maximum absolute atomic E-state index is 12.9. The summed E-state index contributed by atoms with van der Waals surface area (Å²) < 4.78 is 34.6. The van der Waals surface area contributed by atoms with Gasteiger partial charge in [0.25, 0.3) is 0 Å². The Morgan fingerprint density at radius 1 is 0.390 bits per heavy atom. The molecule has 82 heavy (non-hydrogen) atoms. The minimum atomic E-state index is -4.40. The van der Waals surface area contributed by atoms with Crippen LogP contribution in [0.25, 0.3) is 0 Å². The lowest BCUT2D eigenvalue weighted by atomic mass is 10.0. The first-order valence-electron chi connectivity index (χ1n) is 33.3. The largest absolute Gasteiger partial charge is 0.472 e. The third-order valence-corrected chi connectivity index (χ3v) is 15.0. The van der Waals surface area contributed by atoms with Gasteiger partial charge in [-0.1, -0.05) is 289 Å². The molecule has 0 fully saturated rings. The molecule has 9 nitrogen and oxygen atoms in total. The number of esters is 2. The van der Waals surface area contributed by atoms with Gasteiger partial charge in [0.15, 0.2) is 6.10 Å². The van der Waals surface area contributed by atoms with Crippen molar-refractivity contribution in [1.29, 1.82) is 0 Å². The van der Waals surface area contributed by atoms with Crippen molar-refractivity contribution in [3.05, 3.63) is 122 Å². The van der Waals surface area contributed by atoms with E-state index in [1.807, 2.05) is 21.1 Å². The van der Waals surface area contributed by atoms with E-state index >= 15 is 0 Å². The fourth-order valence-corrected chi connectivity index (χ4v) is 9.67. The number of rotatable bonds is 60. The molecule has 470 valence electrons. The van der Waals surface area contributed by atoms with Gasteiger partial charge in [-0.3, -0.25) is 18.6 Å². The number of carbonyl (C=O) groups is 2. The van der Waals surface area contributed by atoms with E-state index in [2.05, 4.69) is 135 Å². The maximum Gasteiger partial charge on any atom is 0.472 e. The van der Waals surface area contributed by atoms with Crippen molar-refractivity contribution in [3.8, 4) is 0 Å².